The van der Waals surface area contributed by atoms with E-state index in [1.54, 1.807) is 0 Å². The molecule has 1 unspecified atom stereocenters. The van der Waals surface area contributed by atoms with Crippen LogP contribution in [0.3, 0.4) is 0 Å². The van der Waals surface area contributed by atoms with Gasteiger partial charge >= 0.3 is 6.18 Å². The highest BCUT2D eigenvalue weighted by Gasteiger charge is 2.43. The van der Waals surface area contributed by atoms with Crippen molar-refractivity contribution in [2.75, 3.05) is 5.73 Å². The van der Waals surface area contributed by atoms with Crippen LogP contribution in [0.25, 0.3) is 11.6 Å². The van der Waals surface area contributed by atoms with Crippen molar-refractivity contribution >= 4 is 5.69 Å². The third-order valence-electron chi connectivity index (χ3n) is 4.28. The van der Waals surface area contributed by atoms with Gasteiger partial charge in [0.2, 0.25) is 5.88 Å². The Morgan fingerprint density at radius 3 is 2.64 bits per heavy atom. The number of aliphatic hydroxyl groups excluding tert-OH is 1. The first-order chi connectivity index (χ1) is 13.0. The Kier molecular flexibility index (Phi) is 5.17. The second kappa shape index (κ2) is 7.15. The minimum absolute atomic E-state index is 0.00526. The molecule has 154 valence electrons. The summed E-state index contributed by atoms with van der Waals surface area (Å²) in [5.74, 6) is -5.55. The number of nitrogens with two attached hydrogens (primary N) is 1. The molecular weight excluding hydrogens is 391 g/mol. The Balaban J connectivity index is 2.13. The molecule has 0 fully saturated rings. The van der Waals surface area contributed by atoms with E-state index in [0.717, 1.165) is 0 Å². The fourth-order valence-electron chi connectivity index (χ4n) is 2.78. The molecule has 28 heavy (non-hydrogen) atoms. The van der Waals surface area contributed by atoms with Crippen molar-refractivity contribution in [2.24, 2.45) is 0 Å². The monoisotopic (exact) mass is 408 g/mol. The van der Waals surface area contributed by atoms with E-state index in [4.69, 9.17) is 14.9 Å². The van der Waals surface area contributed by atoms with Crippen molar-refractivity contribution < 1.29 is 36.2 Å². The lowest BCUT2D eigenvalue weighted by molar-refractivity contribution is -0.139. The van der Waals surface area contributed by atoms with Crippen LogP contribution in [0, 0.1) is 0 Å². The molecule has 4 bridgehead atoms. The predicted molar refractivity (Wildman–Crippen MR) is 85.4 cm³/mol. The number of aromatic nitrogens is 3. The fraction of sp³-hybridized carbons (Fsp3) is 0.562. The van der Waals surface area contributed by atoms with Gasteiger partial charge in [0.1, 0.15) is 5.56 Å². The summed E-state index contributed by atoms with van der Waals surface area (Å²) in [6, 6.07) is 0.602. The summed E-state index contributed by atoms with van der Waals surface area (Å²) in [7, 11) is 0. The number of nitrogens with zero attached hydrogens (tertiary/aromatic N) is 3. The Morgan fingerprint density at radius 2 is 1.96 bits per heavy atom. The van der Waals surface area contributed by atoms with Gasteiger partial charge in [0.25, 0.3) is 17.7 Å². The van der Waals surface area contributed by atoms with E-state index < -0.39 is 59.6 Å². The van der Waals surface area contributed by atoms with Crippen LogP contribution in [0.15, 0.2) is 10.5 Å². The SMILES string of the molecule is C[C@@H]1CCCCC(F)(F)C(O)c2nnc(o2)-c2nc(c(C(F)(F)F)cc2N)O1. The van der Waals surface area contributed by atoms with Crippen molar-refractivity contribution in [3.63, 3.8) is 0 Å². The minimum Gasteiger partial charge on any atom is -0.474 e. The molecule has 3 rings (SSSR count). The van der Waals surface area contributed by atoms with Crippen molar-refractivity contribution in [1.82, 2.24) is 15.2 Å². The second-order valence-corrected chi connectivity index (χ2v) is 6.56. The van der Waals surface area contributed by atoms with E-state index in [1.807, 2.05) is 0 Å². The average molecular weight is 408 g/mol. The lowest BCUT2D eigenvalue weighted by Gasteiger charge is -2.21. The second-order valence-electron chi connectivity index (χ2n) is 6.56. The predicted octanol–water partition coefficient (Wildman–Crippen LogP) is 3.74. The van der Waals surface area contributed by atoms with Crippen LogP contribution in [0.2, 0.25) is 0 Å². The molecule has 2 atom stereocenters. The number of hydrogen-bond acceptors (Lipinski definition) is 7. The molecule has 0 radical (unpaired) electrons. The maximum absolute atomic E-state index is 14.1. The maximum atomic E-state index is 14.1. The Morgan fingerprint density at radius 1 is 1.25 bits per heavy atom. The Labute approximate surface area is 155 Å². The number of rotatable bonds is 0. The first-order valence-corrected chi connectivity index (χ1v) is 8.43. The van der Waals surface area contributed by atoms with Crippen LogP contribution in [-0.2, 0) is 6.18 Å². The molecule has 0 spiro atoms. The lowest BCUT2D eigenvalue weighted by atomic mass is 10.0. The highest BCUT2D eigenvalue weighted by Crippen LogP contribution is 2.41. The van der Waals surface area contributed by atoms with Crippen molar-refractivity contribution in [1.29, 1.82) is 0 Å². The van der Waals surface area contributed by atoms with Gasteiger partial charge in [0, 0.05) is 6.42 Å². The highest BCUT2D eigenvalue weighted by atomic mass is 19.4. The van der Waals surface area contributed by atoms with Crippen LogP contribution in [0.4, 0.5) is 27.6 Å². The zero-order chi connectivity index (χ0) is 20.7. The van der Waals surface area contributed by atoms with Crippen LogP contribution >= 0.6 is 0 Å². The van der Waals surface area contributed by atoms with Gasteiger partial charge in [-0.3, -0.25) is 0 Å². The van der Waals surface area contributed by atoms with Gasteiger partial charge in [-0.15, -0.1) is 10.2 Å². The molecular formula is C16H17F5N4O3. The van der Waals surface area contributed by atoms with E-state index in [9.17, 15) is 27.1 Å². The Bertz CT molecular complexity index is 855. The van der Waals surface area contributed by atoms with Gasteiger partial charge in [0.15, 0.2) is 11.8 Å². The zero-order valence-corrected chi connectivity index (χ0v) is 14.6. The smallest absolute Gasteiger partial charge is 0.421 e. The first-order valence-electron chi connectivity index (χ1n) is 8.43. The number of nitrogen functional groups attached to an aromatic ring is 1. The number of pyridine rings is 1. The van der Waals surface area contributed by atoms with Gasteiger partial charge < -0.3 is 20.0 Å². The molecule has 1 aliphatic rings. The third-order valence-corrected chi connectivity index (χ3v) is 4.28. The van der Waals surface area contributed by atoms with E-state index in [-0.39, 0.29) is 25.0 Å². The molecule has 3 heterocycles. The summed E-state index contributed by atoms with van der Waals surface area (Å²) >= 11 is 0. The molecule has 0 aliphatic carbocycles. The molecule has 2 aromatic rings. The topological polar surface area (TPSA) is 107 Å². The maximum Gasteiger partial charge on any atom is 0.421 e. The van der Waals surface area contributed by atoms with E-state index in [2.05, 4.69) is 15.2 Å². The summed E-state index contributed by atoms with van der Waals surface area (Å²) < 4.78 is 78.6. The standard InChI is InChI=1S/C16H17F5N4O3/c1-7-4-2-3-5-15(17,18)11(26)14-25-24-13(28-14)10-9(22)6-8(16(19,20)21)12(23-10)27-7/h6-7,11,26H,2-5,22H2,1H3/t7-,11?/m1/s1. The van der Waals surface area contributed by atoms with E-state index >= 15 is 0 Å². The number of fused-ring (bicyclic) bond motifs is 5. The van der Waals surface area contributed by atoms with Crippen LogP contribution in [-0.4, -0.2) is 32.3 Å². The number of aliphatic hydroxyl groups is 1. The molecule has 0 saturated carbocycles. The number of ether oxygens (including phenoxy) is 1. The Hall–Kier alpha value is -2.50. The molecule has 0 aromatic carbocycles. The van der Waals surface area contributed by atoms with Gasteiger partial charge in [-0.05, 0) is 32.3 Å². The normalized spacial score (nSPS) is 23.0. The van der Waals surface area contributed by atoms with E-state index in [1.165, 1.54) is 6.92 Å². The average Bonchev–Trinajstić information content (AvgIpc) is 3.07. The largest absolute Gasteiger partial charge is 0.474 e. The number of halogens is 5. The van der Waals surface area contributed by atoms with Crippen molar-refractivity contribution in [2.45, 2.75) is 56.9 Å². The summed E-state index contributed by atoms with van der Waals surface area (Å²) in [6.45, 7) is 1.50. The number of anilines is 1. The van der Waals surface area contributed by atoms with E-state index in [0.29, 0.717) is 6.07 Å². The van der Waals surface area contributed by atoms with Gasteiger partial charge in [-0.25, -0.2) is 13.8 Å². The van der Waals surface area contributed by atoms with Crippen LogP contribution in [0.1, 0.15) is 50.2 Å². The van der Waals surface area contributed by atoms with Crippen LogP contribution < -0.4 is 10.5 Å². The lowest BCUT2D eigenvalue weighted by Crippen LogP contribution is -2.26. The van der Waals surface area contributed by atoms with Gasteiger partial charge in [-0.1, -0.05) is 0 Å². The molecule has 0 saturated heterocycles. The molecule has 2 aromatic heterocycles. The first kappa shape index (κ1) is 20.2. The summed E-state index contributed by atoms with van der Waals surface area (Å²) in [4.78, 5) is 3.75. The summed E-state index contributed by atoms with van der Waals surface area (Å²) in [6.07, 6.45) is -8.09. The molecule has 7 nitrogen and oxygen atoms in total. The molecule has 0 amide bonds. The van der Waals surface area contributed by atoms with Crippen molar-refractivity contribution in [3.05, 3.63) is 17.5 Å². The van der Waals surface area contributed by atoms with Crippen molar-refractivity contribution in [3.8, 4) is 17.5 Å². The fourth-order valence-corrected chi connectivity index (χ4v) is 2.78. The molecule has 3 N–H and O–H groups in total. The third kappa shape index (κ3) is 4.01. The number of hydrogen-bond donors (Lipinski definition) is 2. The molecule has 1 aliphatic heterocycles. The molecule has 12 heteroatoms. The zero-order valence-electron chi connectivity index (χ0n) is 14.6. The van der Waals surface area contributed by atoms with Crippen LogP contribution in [0.5, 0.6) is 5.88 Å². The highest BCUT2D eigenvalue weighted by molar-refractivity contribution is 5.68. The quantitative estimate of drug-likeness (QED) is 0.640. The minimum atomic E-state index is -4.78. The summed E-state index contributed by atoms with van der Waals surface area (Å²) in [5, 5.41) is 16.7. The number of alkyl halides is 5. The van der Waals surface area contributed by atoms with Gasteiger partial charge in [0.05, 0.1) is 11.8 Å². The summed E-state index contributed by atoms with van der Waals surface area (Å²) in [5.41, 5.74) is 3.63. The van der Waals surface area contributed by atoms with Gasteiger partial charge in [-0.2, -0.15) is 13.2 Å².